The Morgan fingerprint density at radius 3 is 2.26 bits per heavy atom. The second-order valence-electron chi connectivity index (χ2n) is 9.33. The van der Waals surface area contributed by atoms with E-state index in [2.05, 4.69) is 20.8 Å². The molecular weight excluding hydrogens is 499 g/mol. The maximum Gasteiger partial charge on any atom is 0.416 e. The van der Waals surface area contributed by atoms with Gasteiger partial charge in [0, 0.05) is 18.6 Å². The van der Waals surface area contributed by atoms with E-state index in [1.165, 1.54) is 0 Å². The van der Waals surface area contributed by atoms with Crippen LogP contribution in [0, 0.1) is 16.7 Å². The van der Waals surface area contributed by atoms with Gasteiger partial charge in [0.15, 0.2) is 0 Å². The molecule has 0 unspecified atom stereocenters. The first-order valence-corrected chi connectivity index (χ1v) is 12.4. The van der Waals surface area contributed by atoms with Crippen molar-refractivity contribution in [1.82, 2.24) is 9.62 Å². The number of fused-ring (bicyclic) bond motifs is 3. The number of benzene rings is 1. The SMILES string of the molecule is N#CC12CCC(NC(=O)c3cc(C(F)(F)F)ccc3NS(=O)(=O)N3CC(OC(F)F)C3)(CC1)CC2. The zero-order valence-electron chi connectivity index (χ0n) is 18.4. The minimum Gasteiger partial charge on any atom is -0.347 e. The molecule has 1 aromatic carbocycles. The lowest BCUT2D eigenvalue weighted by molar-refractivity contribution is -0.185. The maximum atomic E-state index is 13.3. The zero-order chi connectivity index (χ0) is 25.6. The van der Waals surface area contributed by atoms with E-state index >= 15 is 0 Å². The predicted molar refractivity (Wildman–Crippen MR) is 112 cm³/mol. The first kappa shape index (κ1) is 25.6. The monoisotopic (exact) mass is 522 g/mol. The van der Waals surface area contributed by atoms with Gasteiger partial charge < -0.3 is 10.1 Å². The molecule has 1 saturated heterocycles. The summed E-state index contributed by atoms with van der Waals surface area (Å²) in [6.45, 7) is -3.81. The molecule has 5 rings (SSSR count). The molecule has 4 fully saturated rings. The highest BCUT2D eigenvalue weighted by atomic mass is 32.2. The van der Waals surface area contributed by atoms with E-state index in [9.17, 15) is 40.4 Å². The first-order chi connectivity index (χ1) is 16.3. The number of amides is 1. The van der Waals surface area contributed by atoms with Crippen LogP contribution < -0.4 is 10.0 Å². The molecule has 8 nitrogen and oxygen atoms in total. The molecule has 0 atom stereocenters. The van der Waals surface area contributed by atoms with Crippen LogP contribution in [0.2, 0.25) is 0 Å². The van der Waals surface area contributed by atoms with Gasteiger partial charge in [-0.05, 0) is 56.7 Å². The molecule has 2 bridgehead atoms. The normalized spacial score (nSPS) is 27.3. The molecule has 14 heteroatoms. The minimum absolute atomic E-state index is 0.369. The van der Waals surface area contributed by atoms with E-state index in [1.54, 1.807) is 0 Å². The van der Waals surface area contributed by atoms with Crippen LogP contribution in [0.4, 0.5) is 27.6 Å². The molecule has 3 aliphatic carbocycles. The largest absolute Gasteiger partial charge is 0.416 e. The fourth-order valence-electron chi connectivity index (χ4n) is 4.88. The van der Waals surface area contributed by atoms with Gasteiger partial charge in [-0.3, -0.25) is 9.52 Å². The summed E-state index contributed by atoms with van der Waals surface area (Å²) in [5.41, 5.74) is -3.14. The Balaban J connectivity index is 1.55. The molecular formula is C21H23F5N4O4S. The van der Waals surface area contributed by atoms with Crippen LogP contribution in [0.3, 0.4) is 0 Å². The van der Waals surface area contributed by atoms with Gasteiger partial charge in [-0.1, -0.05) is 0 Å². The summed E-state index contributed by atoms with van der Waals surface area (Å²) in [6, 6.07) is 4.41. The Morgan fingerprint density at radius 1 is 1.14 bits per heavy atom. The second-order valence-corrected chi connectivity index (χ2v) is 11.0. The van der Waals surface area contributed by atoms with Crippen molar-refractivity contribution in [3.63, 3.8) is 0 Å². The van der Waals surface area contributed by atoms with Crippen LogP contribution in [0.25, 0.3) is 0 Å². The third-order valence-corrected chi connectivity index (χ3v) is 8.60. The van der Waals surface area contributed by atoms with Crippen molar-refractivity contribution < 1.29 is 39.9 Å². The van der Waals surface area contributed by atoms with E-state index in [4.69, 9.17) is 0 Å². The Morgan fingerprint density at radius 2 is 1.74 bits per heavy atom. The molecule has 3 saturated carbocycles. The number of carbonyl (C=O) groups excluding carboxylic acids is 1. The number of halogens is 5. The van der Waals surface area contributed by atoms with Crippen LogP contribution >= 0.6 is 0 Å². The van der Waals surface area contributed by atoms with Gasteiger partial charge in [0.25, 0.3) is 5.91 Å². The summed E-state index contributed by atoms with van der Waals surface area (Å²) in [5, 5.41) is 12.2. The molecule has 0 spiro atoms. The van der Waals surface area contributed by atoms with Crippen LogP contribution in [0.5, 0.6) is 0 Å². The minimum atomic E-state index is -4.77. The average molecular weight is 522 g/mol. The number of nitriles is 1. The molecule has 192 valence electrons. The molecule has 1 amide bonds. The van der Waals surface area contributed by atoms with Gasteiger partial charge >= 0.3 is 23.0 Å². The van der Waals surface area contributed by atoms with Crippen molar-refractivity contribution in [1.29, 1.82) is 5.26 Å². The molecule has 1 aliphatic heterocycles. The highest BCUT2D eigenvalue weighted by molar-refractivity contribution is 7.90. The van der Waals surface area contributed by atoms with E-state index < -0.39 is 57.1 Å². The summed E-state index contributed by atoms with van der Waals surface area (Å²) in [7, 11) is -4.35. The molecule has 1 heterocycles. The average Bonchev–Trinajstić information content (AvgIpc) is 2.76. The Kier molecular flexibility index (Phi) is 6.48. The van der Waals surface area contributed by atoms with E-state index in [0.717, 1.165) is 10.4 Å². The Hall–Kier alpha value is -2.50. The summed E-state index contributed by atoms with van der Waals surface area (Å²) in [6.07, 6.45) is -2.64. The maximum absolute atomic E-state index is 13.3. The molecule has 0 radical (unpaired) electrons. The van der Waals surface area contributed by atoms with E-state index in [1.807, 2.05) is 0 Å². The number of nitrogens with zero attached hydrogens (tertiary/aromatic N) is 2. The summed E-state index contributed by atoms with van der Waals surface area (Å²) in [5.74, 6) is -0.873. The molecule has 35 heavy (non-hydrogen) atoms. The third-order valence-electron chi connectivity index (χ3n) is 7.14. The summed E-state index contributed by atoms with van der Waals surface area (Å²) >= 11 is 0. The third kappa shape index (κ3) is 5.22. The van der Waals surface area contributed by atoms with Crippen LogP contribution in [0.15, 0.2) is 18.2 Å². The Bertz CT molecular complexity index is 1120. The molecule has 4 aliphatic rings. The number of ether oxygens (including phenoxy) is 1. The van der Waals surface area contributed by atoms with Crippen molar-refractivity contribution in [3.8, 4) is 6.07 Å². The highest BCUT2D eigenvalue weighted by Gasteiger charge is 2.50. The lowest BCUT2D eigenvalue weighted by Gasteiger charge is -2.50. The van der Waals surface area contributed by atoms with Gasteiger partial charge in [-0.2, -0.15) is 39.9 Å². The predicted octanol–water partition coefficient (Wildman–Crippen LogP) is 3.63. The number of anilines is 1. The van der Waals surface area contributed by atoms with Crippen molar-refractivity contribution in [2.45, 2.75) is 63.0 Å². The lowest BCUT2D eigenvalue weighted by atomic mass is 9.58. The van der Waals surface area contributed by atoms with Crippen molar-refractivity contribution in [3.05, 3.63) is 29.3 Å². The van der Waals surface area contributed by atoms with Crippen molar-refractivity contribution in [2.24, 2.45) is 5.41 Å². The van der Waals surface area contributed by atoms with Crippen LogP contribution in [-0.2, 0) is 21.1 Å². The lowest BCUT2D eigenvalue weighted by Crippen LogP contribution is -2.57. The molecule has 1 aromatic rings. The number of rotatable bonds is 7. The van der Waals surface area contributed by atoms with Crippen LogP contribution in [0.1, 0.15) is 54.4 Å². The van der Waals surface area contributed by atoms with E-state index in [0.29, 0.717) is 50.7 Å². The van der Waals surface area contributed by atoms with Gasteiger partial charge in [0.05, 0.1) is 34.4 Å². The fourth-order valence-corrected chi connectivity index (χ4v) is 6.19. The van der Waals surface area contributed by atoms with Crippen molar-refractivity contribution in [2.75, 3.05) is 17.8 Å². The van der Waals surface area contributed by atoms with Gasteiger partial charge in [0.1, 0.15) is 0 Å². The standard InChI is InChI=1S/C21H23F5N4O4S/c22-18(23)34-14-10-30(11-14)35(32,33)29-16-2-1-13(21(24,25)26)9-15(16)17(31)28-20-6-3-19(12-27,4-7-20)5-8-20/h1-2,9,14,18,29H,3-8,10-11H2,(H,28,31). The topological polar surface area (TPSA) is 112 Å². The summed E-state index contributed by atoms with van der Waals surface area (Å²) < 4.78 is 97.0. The van der Waals surface area contributed by atoms with Gasteiger partial charge in [-0.25, -0.2) is 0 Å². The molecule has 0 aromatic heterocycles. The molecule has 2 N–H and O–H groups in total. The van der Waals surface area contributed by atoms with Gasteiger partial charge in [0.2, 0.25) is 0 Å². The zero-order valence-corrected chi connectivity index (χ0v) is 19.2. The number of carbonyl (C=O) groups is 1. The quantitative estimate of drug-likeness (QED) is 0.532. The first-order valence-electron chi connectivity index (χ1n) is 10.9. The van der Waals surface area contributed by atoms with Crippen molar-refractivity contribution >= 4 is 21.8 Å². The fraction of sp³-hybridized carbons (Fsp3) is 0.619. The Labute approximate surface area is 198 Å². The number of hydrogen-bond donors (Lipinski definition) is 2. The smallest absolute Gasteiger partial charge is 0.347 e. The van der Waals surface area contributed by atoms with E-state index in [-0.39, 0.29) is 18.8 Å². The number of nitrogens with one attached hydrogen (secondary N) is 2. The highest BCUT2D eigenvalue weighted by Crippen LogP contribution is 2.52. The van der Waals surface area contributed by atoms with Gasteiger partial charge in [-0.15, -0.1) is 0 Å². The summed E-state index contributed by atoms with van der Waals surface area (Å²) in [4.78, 5) is 13.2. The second kappa shape index (κ2) is 8.86. The number of hydrogen-bond acceptors (Lipinski definition) is 5. The number of alkyl halides is 5. The van der Waals surface area contributed by atoms with Crippen LogP contribution in [-0.4, -0.2) is 50.0 Å².